The molecule has 0 fully saturated rings. The summed E-state index contributed by atoms with van der Waals surface area (Å²) in [4.78, 5) is 0. The van der Waals surface area contributed by atoms with Gasteiger partial charge in [0.15, 0.2) is 0 Å². The largest absolute Gasteiger partial charge is 0.411 e. The van der Waals surface area contributed by atoms with Crippen molar-refractivity contribution in [1.82, 2.24) is 0 Å². The standard InChI is InChI=1S/C9H9ClN2O2/c1-6(11-13)9(12-14)7-2-4-8(10)5-3-7/h2-5,13-14H,1H3. The third-order valence-electron chi connectivity index (χ3n) is 1.71. The lowest BCUT2D eigenvalue weighted by Gasteiger charge is -2.01. The van der Waals surface area contributed by atoms with E-state index in [0.717, 1.165) is 0 Å². The first-order chi connectivity index (χ1) is 6.69. The first kappa shape index (κ1) is 10.5. The Bertz CT molecular complexity index is 371. The van der Waals surface area contributed by atoms with Crippen molar-refractivity contribution in [3.05, 3.63) is 34.9 Å². The van der Waals surface area contributed by atoms with Crippen LogP contribution in [-0.2, 0) is 0 Å². The molecular formula is C9H9ClN2O2. The van der Waals surface area contributed by atoms with Gasteiger partial charge >= 0.3 is 0 Å². The third kappa shape index (κ3) is 2.23. The molecule has 14 heavy (non-hydrogen) atoms. The predicted molar refractivity (Wildman–Crippen MR) is 54.7 cm³/mol. The van der Waals surface area contributed by atoms with Gasteiger partial charge in [-0.1, -0.05) is 34.0 Å². The van der Waals surface area contributed by atoms with Crippen molar-refractivity contribution in [1.29, 1.82) is 0 Å². The second kappa shape index (κ2) is 4.62. The Labute approximate surface area is 86.1 Å². The van der Waals surface area contributed by atoms with Crippen molar-refractivity contribution in [2.24, 2.45) is 10.3 Å². The molecule has 0 heterocycles. The maximum Gasteiger partial charge on any atom is 0.134 e. The van der Waals surface area contributed by atoms with Gasteiger partial charge in [0.2, 0.25) is 0 Å². The molecule has 0 bridgehead atoms. The fraction of sp³-hybridized carbons (Fsp3) is 0.111. The predicted octanol–water partition coefficient (Wildman–Crippen LogP) is 2.37. The number of halogens is 1. The average Bonchev–Trinajstić information content (AvgIpc) is 2.21. The van der Waals surface area contributed by atoms with E-state index in [1.807, 2.05) is 0 Å². The van der Waals surface area contributed by atoms with Gasteiger partial charge in [-0.2, -0.15) is 0 Å². The van der Waals surface area contributed by atoms with Crippen molar-refractivity contribution in [2.45, 2.75) is 6.92 Å². The summed E-state index contributed by atoms with van der Waals surface area (Å²) in [7, 11) is 0. The van der Waals surface area contributed by atoms with Crippen LogP contribution in [0, 0.1) is 0 Å². The molecule has 1 aromatic carbocycles. The SMILES string of the molecule is CC(=NO)C(=NO)c1ccc(Cl)cc1. The Balaban J connectivity index is 3.09. The quantitative estimate of drug-likeness (QED) is 0.449. The first-order valence-electron chi connectivity index (χ1n) is 3.86. The highest BCUT2D eigenvalue weighted by atomic mass is 35.5. The van der Waals surface area contributed by atoms with Gasteiger partial charge in [0, 0.05) is 10.6 Å². The topological polar surface area (TPSA) is 65.2 Å². The minimum Gasteiger partial charge on any atom is -0.411 e. The fourth-order valence-corrected chi connectivity index (χ4v) is 1.12. The van der Waals surface area contributed by atoms with E-state index in [1.165, 1.54) is 6.92 Å². The molecule has 0 radical (unpaired) electrons. The summed E-state index contributed by atoms with van der Waals surface area (Å²) < 4.78 is 0. The number of oxime groups is 2. The second-order valence-corrected chi connectivity index (χ2v) is 3.08. The summed E-state index contributed by atoms with van der Waals surface area (Å²) >= 11 is 5.69. The van der Waals surface area contributed by atoms with E-state index < -0.39 is 0 Å². The Hall–Kier alpha value is -1.55. The summed E-state index contributed by atoms with van der Waals surface area (Å²) in [6, 6.07) is 6.66. The van der Waals surface area contributed by atoms with Crippen LogP contribution in [0.2, 0.25) is 5.02 Å². The van der Waals surface area contributed by atoms with Gasteiger partial charge in [0.1, 0.15) is 11.4 Å². The summed E-state index contributed by atoms with van der Waals surface area (Å²) in [5, 5.41) is 23.8. The summed E-state index contributed by atoms with van der Waals surface area (Å²) in [6.45, 7) is 1.53. The lowest BCUT2D eigenvalue weighted by molar-refractivity contribution is 0.314. The van der Waals surface area contributed by atoms with Crippen molar-refractivity contribution in [3.8, 4) is 0 Å². The van der Waals surface area contributed by atoms with Crippen molar-refractivity contribution < 1.29 is 10.4 Å². The fourth-order valence-electron chi connectivity index (χ4n) is 0.994. The molecule has 0 saturated heterocycles. The highest BCUT2D eigenvalue weighted by Gasteiger charge is 2.08. The van der Waals surface area contributed by atoms with Crippen LogP contribution in [0.15, 0.2) is 34.6 Å². The Kier molecular flexibility index (Phi) is 3.48. The lowest BCUT2D eigenvalue weighted by Crippen LogP contribution is -2.11. The van der Waals surface area contributed by atoms with Crippen LogP contribution in [-0.4, -0.2) is 21.8 Å². The van der Waals surface area contributed by atoms with Gasteiger partial charge < -0.3 is 10.4 Å². The number of nitrogens with zero attached hydrogens (tertiary/aromatic N) is 2. The summed E-state index contributed by atoms with van der Waals surface area (Å²) in [5.74, 6) is 0. The molecule has 0 aromatic heterocycles. The van der Waals surface area contributed by atoms with Crippen LogP contribution in [0.3, 0.4) is 0 Å². The van der Waals surface area contributed by atoms with Gasteiger partial charge in [-0.15, -0.1) is 0 Å². The molecule has 0 aliphatic heterocycles. The van der Waals surface area contributed by atoms with E-state index in [-0.39, 0.29) is 11.4 Å². The average molecular weight is 213 g/mol. The van der Waals surface area contributed by atoms with E-state index in [0.29, 0.717) is 10.6 Å². The molecule has 4 nitrogen and oxygen atoms in total. The Morgan fingerprint density at radius 2 is 1.71 bits per heavy atom. The smallest absolute Gasteiger partial charge is 0.134 e. The number of hydrogen-bond acceptors (Lipinski definition) is 4. The maximum absolute atomic E-state index is 8.71. The number of rotatable bonds is 2. The molecule has 0 saturated carbocycles. The highest BCUT2D eigenvalue weighted by molar-refractivity contribution is 6.47. The molecule has 0 aliphatic carbocycles. The van der Waals surface area contributed by atoms with Crippen molar-refractivity contribution in [3.63, 3.8) is 0 Å². The molecule has 5 heteroatoms. The third-order valence-corrected chi connectivity index (χ3v) is 1.96. The van der Waals surface area contributed by atoms with Gasteiger partial charge in [0.05, 0.1) is 0 Å². The van der Waals surface area contributed by atoms with Crippen molar-refractivity contribution >= 4 is 23.0 Å². The van der Waals surface area contributed by atoms with E-state index in [9.17, 15) is 0 Å². The van der Waals surface area contributed by atoms with Crippen molar-refractivity contribution in [2.75, 3.05) is 0 Å². The van der Waals surface area contributed by atoms with Gasteiger partial charge in [-0.05, 0) is 19.1 Å². The van der Waals surface area contributed by atoms with Crippen LogP contribution in [0.4, 0.5) is 0 Å². The van der Waals surface area contributed by atoms with Crippen LogP contribution < -0.4 is 0 Å². The molecule has 0 unspecified atom stereocenters. The number of hydrogen-bond donors (Lipinski definition) is 2. The summed E-state index contributed by atoms with van der Waals surface area (Å²) in [5.41, 5.74) is 1.08. The van der Waals surface area contributed by atoms with Crippen LogP contribution >= 0.6 is 11.6 Å². The monoisotopic (exact) mass is 212 g/mol. The molecule has 0 atom stereocenters. The molecule has 0 spiro atoms. The highest BCUT2D eigenvalue weighted by Crippen LogP contribution is 2.10. The van der Waals surface area contributed by atoms with E-state index >= 15 is 0 Å². The zero-order valence-electron chi connectivity index (χ0n) is 7.48. The molecule has 1 aromatic rings. The molecule has 0 amide bonds. The zero-order chi connectivity index (χ0) is 10.6. The molecule has 74 valence electrons. The minimum absolute atomic E-state index is 0.212. The van der Waals surface area contributed by atoms with Gasteiger partial charge in [-0.3, -0.25) is 0 Å². The van der Waals surface area contributed by atoms with Crippen LogP contribution in [0.25, 0.3) is 0 Å². The van der Waals surface area contributed by atoms with E-state index in [1.54, 1.807) is 24.3 Å². The number of benzene rings is 1. The molecule has 1 rings (SSSR count). The molecular weight excluding hydrogens is 204 g/mol. The molecule has 2 N–H and O–H groups in total. The summed E-state index contributed by atoms with van der Waals surface area (Å²) in [6.07, 6.45) is 0. The minimum atomic E-state index is 0.212. The van der Waals surface area contributed by atoms with Crippen LogP contribution in [0.5, 0.6) is 0 Å². The van der Waals surface area contributed by atoms with Gasteiger partial charge in [-0.25, -0.2) is 0 Å². The lowest BCUT2D eigenvalue weighted by atomic mass is 10.1. The maximum atomic E-state index is 8.71. The van der Waals surface area contributed by atoms with E-state index in [2.05, 4.69) is 10.3 Å². The Morgan fingerprint density at radius 1 is 1.14 bits per heavy atom. The van der Waals surface area contributed by atoms with E-state index in [4.69, 9.17) is 22.0 Å². The van der Waals surface area contributed by atoms with Gasteiger partial charge in [0.25, 0.3) is 0 Å². The zero-order valence-corrected chi connectivity index (χ0v) is 8.23. The van der Waals surface area contributed by atoms with Crippen LogP contribution in [0.1, 0.15) is 12.5 Å². The Morgan fingerprint density at radius 3 is 2.14 bits per heavy atom. The first-order valence-corrected chi connectivity index (χ1v) is 4.24. The normalized spacial score (nSPS) is 13.0. The molecule has 0 aliphatic rings. The second-order valence-electron chi connectivity index (χ2n) is 2.64.